The zero-order chi connectivity index (χ0) is 11.7. The highest BCUT2D eigenvalue weighted by Crippen LogP contribution is 2.25. The van der Waals surface area contributed by atoms with Crippen molar-refractivity contribution in [1.82, 2.24) is 9.80 Å². The van der Waals surface area contributed by atoms with E-state index in [0.717, 1.165) is 25.7 Å². The molecule has 1 aliphatic carbocycles. The van der Waals surface area contributed by atoms with Crippen molar-refractivity contribution in [3.8, 4) is 0 Å². The Morgan fingerprint density at radius 2 is 2.00 bits per heavy atom. The van der Waals surface area contributed by atoms with Gasteiger partial charge in [-0.25, -0.2) is 0 Å². The number of carbonyl (C=O) groups excluding carboxylic acids is 1. The van der Waals surface area contributed by atoms with Crippen LogP contribution < -0.4 is 0 Å². The second-order valence-corrected chi connectivity index (χ2v) is 4.75. The zero-order valence-electron chi connectivity index (χ0n) is 9.56. The third kappa shape index (κ3) is 2.04. The second-order valence-electron chi connectivity index (χ2n) is 4.75. The van der Waals surface area contributed by atoms with Gasteiger partial charge in [0.1, 0.15) is 6.04 Å². The summed E-state index contributed by atoms with van der Waals surface area (Å²) in [5.41, 5.74) is 0. The van der Waals surface area contributed by atoms with Crippen LogP contribution in [0.15, 0.2) is 0 Å². The van der Waals surface area contributed by atoms with Gasteiger partial charge in [-0.2, -0.15) is 0 Å². The van der Waals surface area contributed by atoms with Crippen molar-refractivity contribution in [2.45, 2.75) is 37.8 Å². The Balaban J connectivity index is 2.07. The van der Waals surface area contributed by atoms with Crippen molar-refractivity contribution in [2.24, 2.45) is 0 Å². The Morgan fingerprint density at radius 1 is 1.38 bits per heavy atom. The Bertz CT molecular complexity index is 300. The molecule has 0 radical (unpaired) electrons. The molecular formula is C11H18N2O3. The zero-order valence-corrected chi connectivity index (χ0v) is 9.56. The summed E-state index contributed by atoms with van der Waals surface area (Å²) in [5, 5.41) is 9.08. The van der Waals surface area contributed by atoms with Crippen molar-refractivity contribution < 1.29 is 14.7 Å². The van der Waals surface area contributed by atoms with E-state index in [1.807, 2.05) is 0 Å². The molecule has 1 atom stereocenters. The van der Waals surface area contributed by atoms with E-state index in [2.05, 4.69) is 0 Å². The Hall–Kier alpha value is -1.10. The number of aliphatic carboxylic acids is 1. The second kappa shape index (κ2) is 4.41. The molecular weight excluding hydrogens is 208 g/mol. The molecule has 0 aromatic carbocycles. The first-order chi connectivity index (χ1) is 7.59. The van der Waals surface area contributed by atoms with Gasteiger partial charge in [0, 0.05) is 12.6 Å². The average molecular weight is 226 g/mol. The molecule has 5 heteroatoms. The first kappa shape index (κ1) is 11.4. The molecule has 5 nitrogen and oxygen atoms in total. The molecule has 16 heavy (non-hydrogen) atoms. The molecule has 0 bridgehead atoms. The van der Waals surface area contributed by atoms with Gasteiger partial charge < -0.3 is 10.0 Å². The van der Waals surface area contributed by atoms with Crippen LogP contribution in [0.3, 0.4) is 0 Å². The number of likely N-dealkylation sites (N-methyl/N-ethyl adjacent to an activating group) is 1. The smallest absolute Gasteiger partial charge is 0.322 e. The van der Waals surface area contributed by atoms with Gasteiger partial charge in [0.2, 0.25) is 5.91 Å². The molecule has 1 saturated heterocycles. The molecule has 0 spiro atoms. The molecule has 0 aromatic heterocycles. The summed E-state index contributed by atoms with van der Waals surface area (Å²) in [6, 6.07) is -0.263. The number of carboxylic acid groups (broad SMARTS) is 1. The van der Waals surface area contributed by atoms with E-state index in [1.54, 1.807) is 16.8 Å². The minimum Gasteiger partial charge on any atom is -0.480 e. The molecule has 1 aliphatic heterocycles. The van der Waals surface area contributed by atoms with Crippen LogP contribution >= 0.6 is 0 Å². The molecule has 0 aromatic rings. The van der Waals surface area contributed by atoms with Gasteiger partial charge in [-0.3, -0.25) is 14.5 Å². The number of hydrogen-bond donors (Lipinski definition) is 1. The summed E-state index contributed by atoms with van der Waals surface area (Å²) in [4.78, 5) is 26.3. The minimum atomic E-state index is -0.835. The molecule has 1 unspecified atom stereocenters. The number of hydrogen-bond acceptors (Lipinski definition) is 3. The maximum absolute atomic E-state index is 11.9. The molecule has 1 amide bonds. The number of rotatable bonds is 2. The first-order valence-electron chi connectivity index (χ1n) is 5.82. The van der Waals surface area contributed by atoms with E-state index in [-0.39, 0.29) is 18.5 Å². The van der Waals surface area contributed by atoms with Gasteiger partial charge in [0.05, 0.1) is 6.54 Å². The molecule has 90 valence electrons. The molecule has 2 fully saturated rings. The fraction of sp³-hybridized carbons (Fsp3) is 0.818. The highest BCUT2D eigenvalue weighted by molar-refractivity contribution is 5.83. The number of nitrogens with zero attached hydrogens (tertiary/aromatic N) is 2. The summed E-state index contributed by atoms with van der Waals surface area (Å²) in [5.74, 6) is -0.759. The van der Waals surface area contributed by atoms with Crippen LogP contribution in [0.1, 0.15) is 25.7 Å². The first-order valence-corrected chi connectivity index (χ1v) is 5.82. The summed E-state index contributed by atoms with van der Waals surface area (Å²) in [6.07, 6.45) is 4.37. The van der Waals surface area contributed by atoms with Gasteiger partial charge in [0.15, 0.2) is 0 Å². The topological polar surface area (TPSA) is 60.9 Å². The highest BCUT2D eigenvalue weighted by Gasteiger charge is 2.37. The standard InChI is InChI=1S/C11H18N2O3/c1-12-7-10(14)13(6-9(12)11(15)16)8-4-2-3-5-8/h8-9H,2-7H2,1H3,(H,15,16). The van der Waals surface area contributed by atoms with Gasteiger partial charge in [-0.15, -0.1) is 0 Å². The highest BCUT2D eigenvalue weighted by atomic mass is 16.4. The molecule has 1 saturated carbocycles. The minimum absolute atomic E-state index is 0.0758. The van der Waals surface area contributed by atoms with Crippen molar-refractivity contribution in [2.75, 3.05) is 20.1 Å². The lowest BCUT2D eigenvalue weighted by atomic mass is 10.1. The molecule has 2 aliphatic rings. The number of piperazine rings is 1. The normalized spacial score (nSPS) is 28.7. The van der Waals surface area contributed by atoms with Crippen LogP contribution in [-0.2, 0) is 9.59 Å². The van der Waals surface area contributed by atoms with Gasteiger partial charge in [-0.05, 0) is 19.9 Å². The fourth-order valence-electron chi connectivity index (χ4n) is 2.68. The van der Waals surface area contributed by atoms with Crippen LogP contribution in [0.25, 0.3) is 0 Å². The Kier molecular flexibility index (Phi) is 3.14. The SMILES string of the molecule is CN1CC(=O)N(C2CCCC2)CC1C(=O)O. The fourth-order valence-corrected chi connectivity index (χ4v) is 2.68. The Morgan fingerprint density at radius 3 is 2.56 bits per heavy atom. The summed E-state index contributed by atoms with van der Waals surface area (Å²) >= 11 is 0. The van der Waals surface area contributed by atoms with Gasteiger partial charge in [-0.1, -0.05) is 12.8 Å². The number of carboxylic acids is 1. The Labute approximate surface area is 95.0 Å². The van der Waals surface area contributed by atoms with E-state index >= 15 is 0 Å². The molecule has 1 N–H and O–H groups in total. The van der Waals surface area contributed by atoms with Crippen molar-refractivity contribution in [3.05, 3.63) is 0 Å². The maximum Gasteiger partial charge on any atom is 0.322 e. The third-order valence-electron chi connectivity index (χ3n) is 3.66. The summed E-state index contributed by atoms with van der Waals surface area (Å²) in [6.45, 7) is 0.572. The number of amides is 1. The maximum atomic E-state index is 11.9. The summed E-state index contributed by atoms with van der Waals surface area (Å²) in [7, 11) is 1.70. The van der Waals surface area contributed by atoms with E-state index in [9.17, 15) is 9.59 Å². The largest absolute Gasteiger partial charge is 0.480 e. The monoisotopic (exact) mass is 226 g/mol. The predicted molar refractivity (Wildman–Crippen MR) is 58.0 cm³/mol. The van der Waals surface area contributed by atoms with Crippen molar-refractivity contribution in [3.63, 3.8) is 0 Å². The lowest BCUT2D eigenvalue weighted by Crippen LogP contribution is -2.59. The predicted octanol–water partition coefficient (Wildman–Crippen LogP) is 0.156. The van der Waals surface area contributed by atoms with Crippen molar-refractivity contribution in [1.29, 1.82) is 0 Å². The van der Waals surface area contributed by atoms with Crippen molar-refractivity contribution >= 4 is 11.9 Å². The quantitative estimate of drug-likeness (QED) is 0.728. The third-order valence-corrected chi connectivity index (χ3v) is 3.66. The van der Waals surface area contributed by atoms with Crippen LogP contribution in [0.5, 0.6) is 0 Å². The van der Waals surface area contributed by atoms with E-state index in [1.165, 1.54) is 0 Å². The van der Waals surface area contributed by atoms with Gasteiger partial charge >= 0.3 is 5.97 Å². The van der Waals surface area contributed by atoms with Gasteiger partial charge in [0.25, 0.3) is 0 Å². The lowest BCUT2D eigenvalue weighted by Gasteiger charge is -2.39. The van der Waals surface area contributed by atoms with Crippen LogP contribution in [-0.4, -0.2) is 59.0 Å². The molecule has 1 heterocycles. The van der Waals surface area contributed by atoms with E-state index < -0.39 is 12.0 Å². The van der Waals surface area contributed by atoms with Crippen LogP contribution in [0.2, 0.25) is 0 Å². The average Bonchev–Trinajstić information content (AvgIpc) is 2.70. The van der Waals surface area contributed by atoms with Crippen LogP contribution in [0, 0.1) is 0 Å². The van der Waals surface area contributed by atoms with E-state index in [0.29, 0.717) is 6.54 Å². The van der Waals surface area contributed by atoms with Crippen LogP contribution in [0.4, 0.5) is 0 Å². The lowest BCUT2D eigenvalue weighted by molar-refractivity contribution is -0.152. The summed E-state index contributed by atoms with van der Waals surface area (Å²) < 4.78 is 0. The number of carbonyl (C=O) groups is 2. The molecule has 2 rings (SSSR count). The van der Waals surface area contributed by atoms with E-state index in [4.69, 9.17) is 5.11 Å².